The first-order valence-electron chi connectivity index (χ1n) is 7.33. The normalized spacial score (nSPS) is 11.2. The Morgan fingerprint density at radius 1 is 1.15 bits per heavy atom. The molecule has 0 bridgehead atoms. The number of hydrogen-bond acceptors (Lipinski definition) is 8. The number of halogens is 2. The lowest BCUT2D eigenvalue weighted by Crippen LogP contribution is -2.17. The van der Waals surface area contributed by atoms with Gasteiger partial charge < -0.3 is 14.2 Å². The van der Waals surface area contributed by atoms with E-state index in [1.165, 1.54) is 21.3 Å². The Morgan fingerprint density at radius 3 is 2.19 bits per heavy atom. The van der Waals surface area contributed by atoms with Crippen molar-refractivity contribution in [2.24, 2.45) is 0 Å². The van der Waals surface area contributed by atoms with Gasteiger partial charge in [-0.15, -0.1) is 0 Å². The number of carbonyl (C=O) groups is 1. The summed E-state index contributed by atoms with van der Waals surface area (Å²) in [6.07, 6.45) is 1.63. The van der Waals surface area contributed by atoms with E-state index < -0.39 is 10.3 Å². The zero-order valence-electron chi connectivity index (χ0n) is 14.8. The van der Waals surface area contributed by atoms with Crippen LogP contribution in [0, 0.1) is 0 Å². The predicted molar refractivity (Wildman–Crippen MR) is 104 cm³/mol. The van der Waals surface area contributed by atoms with Gasteiger partial charge in [-0.3, -0.25) is 0 Å². The van der Waals surface area contributed by atoms with Crippen molar-refractivity contribution >= 4 is 49.6 Å². The van der Waals surface area contributed by atoms with Crippen molar-refractivity contribution in [1.82, 2.24) is 15.0 Å². The van der Waals surface area contributed by atoms with Gasteiger partial charge in [-0.25, -0.2) is 9.78 Å². The summed E-state index contributed by atoms with van der Waals surface area (Å²) in [5.74, 6) is 0.144. The van der Waals surface area contributed by atoms with Crippen LogP contribution in [0.5, 0.6) is 11.8 Å². The lowest BCUT2D eigenvalue weighted by molar-refractivity contribution is 0.0593. The second-order valence-corrected chi connectivity index (χ2v) is 9.17. The van der Waals surface area contributed by atoms with E-state index in [4.69, 9.17) is 14.2 Å². The van der Waals surface area contributed by atoms with Crippen LogP contribution < -0.4 is 9.47 Å². The fraction of sp³-hybridized carbons (Fsp3) is 0.375. The average Bonchev–Trinajstić information content (AvgIpc) is 2.61. The summed E-state index contributed by atoms with van der Waals surface area (Å²) < 4.78 is 15.5. The molecule has 2 rings (SSSR count). The first-order chi connectivity index (χ1) is 12.2. The average molecular weight is 507 g/mol. The highest BCUT2D eigenvalue weighted by Gasteiger charge is 2.28. The molecule has 0 saturated carbocycles. The minimum Gasteiger partial charge on any atom is -0.480 e. The second kappa shape index (κ2) is 8.53. The molecule has 0 aliphatic carbocycles. The number of aromatic nitrogens is 3. The monoisotopic (exact) mass is 505 g/mol. The number of nitrogens with zero attached hydrogens (tertiary/aromatic N) is 3. The standard InChI is InChI=1S/C16H17Br2N3O4S/c1-16(2,18)8-6-7-19-13(9(8)14(22)25-5)26-15-20-11(23-3)10(17)12(21-15)24-4/h6-7H,1-5H3. The Labute approximate surface area is 172 Å². The Balaban J connectivity index is 2.58. The molecule has 0 aliphatic heterocycles. The first kappa shape index (κ1) is 20.9. The summed E-state index contributed by atoms with van der Waals surface area (Å²) in [7, 11) is 4.32. The largest absolute Gasteiger partial charge is 0.480 e. The van der Waals surface area contributed by atoms with E-state index >= 15 is 0 Å². The van der Waals surface area contributed by atoms with Crippen molar-refractivity contribution in [3.63, 3.8) is 0 Å². The van der Waals surface area contributed by atoms with Crippen LogP contribution in [0.15, 0.2) is 26.9 Å². The van der Waals surface area contributed by atoms with Gasteiger partial charge in [0.1, 0.15) is 9.50 Å². The number of ether oxygens (including phenoxy) is 3. The van der Waals surface area contributed by atoms with Gasteiger partial charge in [0.2, 0.25) is 16.9 Å². The topological polar surface area (TPSA) is 83.4 Å². The maximum Gasteiger partial charge on any atom is 0.340 e. The lowest BCUT2D eigenvalue weighted by Gasteiger charge is -2.21. The van der Waals surface area contributed by atoms with E-state index in [1.54, 1.807) is 12.3 Å². The van der Waals surface area contributed by atoms with E-state index in [0.717, 1.165) is 17.3 Å². The molecule has 0 aliphatic rings. The molecule has 26 heavy (non-hydrogen) atoms. The second-order valence-electron chi connectivity index (χ2n) is 5.44. The Morgan fingerprint density at radius 2 is 1.73 bits per heavy atom. The van der Waals surface area contributed by atoms with E-state index in [-0.39, 0.29) is 0 Å². The zero-order chi connectivity index (χ0) is 19.5. The molecule has 10 heteroatoms. The Hall–Kier alpha value is -1.39. The van der Waals surface area contributed by atoms with Gasteiger partial charge >= 0.3 is 5.97 Å². The molecule has 7 nitrogen and oxygen atoms in total. The van der Waals surface area contributed by atoms with E-state index in [0.29, 0.717) is 32.0 Å². The third kappa shape index (κ3) is 4.47. The number of pyridine rings is 1. The van der Waals surface area contributed by atoms with Gasteiger partial charge in [-0.05, 0) is 53.2 Å². The van der Waals surface area contributed by atoms with Gasteiger partial charge in [0.05, 0.1) is 26.9 Å². The molecule has 0 fully saturated rings. The summed E-state index contributed by atoms with van der Waals surface area (Å²) in [6.45, 7) is 3.87. The molecule has 0 atom stereocenters. The van der Waals surface area contributed by atoms with Crippen molar-refractivity contribution < 1.29 is 19.0 Å². The summed E-state index contributed by atoms with van der Waals surface area (Å²) in [5.41, 5.74) is 1.10. The van der Waals surface area contributed by atoms with Crippen LogP contribution in [0.2, 0.25) is 0 Å². The van der Waals surface area contributed by atoms with Crippen LogP contribution in [-0.4, -0.2) is 42.3 Å². The molecule has 140 valence electrons. The van der Waals surface area contributed by atoms with Crippen molar-refractivity contribution in [2.75, 3.05) is 21.3 Å². The molecule has 0 radical (unpaired) electrons. The number of rotatable bonds is 6. The number of alkyl halides is 1. The Bertz CT molecular complexity index is 803. The van der Waals surface area contributed by atoms with Crippen molar-refractivity contribution in [3.8, 4) is 11.8 Å². The maximum absolute atomic E-state index is 12.4. The smallest absolute Gasteiger partial charge is 0.340 e. The van der Waals surface area contributed by atoms with E-state index in [2.05, 4.69) is 46.8 Å². The van der Waals surface area contributed by atoms with Crippen LogP contribution in [-0.2, 0) is 9.06 Å². The van der Waals surface area contributed by atoms with Crippen LogP contribution in [0.3, 0.4) is 0 Å². The lowest BCUT2D eigenvalue weighted by atomic mass is 9.99. The van der Waals surface area contributed by atoms with Gasteiger partial charge in [0.15, 0.2) is 0 Å². The fourth-order valence-corrected chi connectivity index (χ4v) is 3.78. The van der Waals surface area contributed by atoms with E-state index in [9.17, 15) is 4.79 Å². The summed E-state index contributed by atoms with van der Waals surface area (Å²) in [4.78, 5) is 25.3. The molecule has 2 heterocycles. The molecular weight excluding hydrogens is 490 g/mol. The van der Waals surface area contributed by atoms with Gasteiger partial charge in [-0.2, -0.15) is 9.97 Å². The molecular formula is C16H17Br2N3O4S. The Kier molecular flexibility index (Phi) is 6.86. The van der Waals surface area contributed by atoms with Gasteiger partial charge in [0, 0.05) is 10.5 Å². The minimum absolute atomic E-state index is 0.316. The zero-order valence-corrected chi connectivity index (χ0v) is 18.8. The predicted octanol–water partition coefficient (Wildman–Crippen LogP) is 4.22. The van der Waals surface area contributed by atoms with Crippen LogP contribution in [0.25, 0.3) is 0 Å². The molecule has 0 aromatic carbocycles. The first-order valence-corrected chi connectivity index (χ1v) is 9.73. The van der Waals surface area contributed by atoms with Crippen molar-refractivity contribution in [3.05, 3.63) is 27.9 Å². The number of esters is 1. The minimum atomic E-state index is -0.487. The highest BCUT2D eigenvalue weighted by molar-refractivity contribution is 9.10. The molecule has 2 aromatic rings. The van der Waals surface area contributed by atoms with Crippen molar-refractivity contribution in [1.29, 1.82) is 0 Å². The SMILES string of the molecule is COC(=O)c1c(C(C)(C)Br)ccnc1Sc1nc(OC)c(Br)c(OC)n1. The highest BCUT2D eigenvalue weighted by Crippen LogP contribution is 2.39. The fourth-order valence-electron chi connectivity index (χ4n) is 2.11. The number of methoxy groups -OCH3 is 3. The highest BCUT2D eigenvalue weighted by atomic mass is 79.9. The van der Waals surface area contributed by atoms with Crippen LogP contribution in [0.4, 0.5) is 0 Å². The molecule has 0 amide bonds. The molecule has 0 spiro atoms. The molecule has 2 aromatic heterocycles. The van der Waals surface area contributed by atoms with Gasteiger partial charge in [0.25, 0.3) is 0 Å². The van der Waals surface area contributed by atoms with Crippen LogP contribution in [0.1, 0.15) is 29.8 Å². The molecule has 0 N–H and O–H groups in total. The maximum atomic E-state index is 12.4. The number of hydrogen-bond donors (Lipinski definition) is 0. The third-order valence-corrected chi connectivity index (χ3v) is 5.26. The molecule has 0 unspecified atom stereocenters. The summed E-state index contributed by atoms with van der Waals surface area (Å²) in [6, 6.07) is 1.77. The van der Waals surface area contributed by atoms with Crippen LogP contribution >= 0.6 is 43.6 Å². The summed E-state index contributed by atoms with van der Waals surface area (Å²) >= 11 is 8.04. The number of carbonyl (C=O) groups excluding carboxylic acids is 1. The molecule has 0 saturated heterocycles. The third-order valence-electron chi connectivity index (χ3n) is 3.29. The van der Waals surface area contributed by atoms with E-state index in [1.807, 2.05) is 13.8 Å². The van der Waals surface area contributed by atoms with Crippen molar-refractivity contribution in [2.45, 2.75) is 28.4 Å². The van der Waals surface area contributed by atoms with Gasteiger partial charge in [-0.1, -0.05) is 15.9 Å². The quantitative estimate of drug-likeness (QED) is 0.327. The summed E-state index contributed by atoms with van der Waals surface area (Å²) in [5, 5.41) is 0.748.